The fourth-order valence-electron chi connectivity index (χ4n) is 1.81. The molecule has 0 radical (unpaired) electrons. The number of rotatable bonds is 3. The summed E-state index contributed by atoms with van der Waals surface area (Å²) in [4.78, 5) is 13.9. The molecule has 0 heterocycles. The molecule has 0 spiro atoms. The largest absolute Gasteiger partial charge is 0.497 e. The van der Waals surface area contributed by atoms with Gasteiger partial charge in [-0.3, -0.25) is 4.79 Å². The lowest BCUT2D eigenvalue weighted by molar-refractivity contribution is 0.0994. The van der Waals surface area contributed by atoms with E-state index in [4.69, 9.17) is 10.5 Å². The Bertz CT molecular complexity index is 596. The number of hydrogen-bond donors (Lipinski definition) is 1. The van der Waals surface area contributed by atoms with Gasteiger partial charge in [-0.25, -0.2) is 0 Å². The number of benzene rings is 2. The molecule has 2 N–H and O–H groups in total. The molecule has 1 amide bonds. The summed E-state index contributed by atoms with van der Waals surface area (Å²) in [6.45, 7) is 0. The second-order valence-corrected chi connectivity index (χ2v) is 4.15. The van der Waals surface area contributed by atoms with Crippen LogP contribution in [-0.2, 0) is 0 Å². The smallest absolute Gasteiger partial charge is 0.260 e. The van der Waals surface area contributed by atoms with Crippen LogP contribution in [0, 0.1) is 0 Å². The quantitative estimate of drug-likeness (QED) is 0.859. The molecule has 98 valence electrons. The van der Waals surface area contributed by atoms with E-state index in [1.807, 2.05) is 18.2 Å². The third-order valence-electron chi connectivity index (χ3n) is 2.94. The molecule has 0 atom stereocenters. The minimum atomic E-state index is -0.147. The third kappa shape index (κ3) is 2.68. The van der Waals surface area contributed by atoms with Crippen LogP contribution in [0.5, 0.6) is 5.75 Å². The van der Waals surface area contributed by atoms with Crippen molar-refractivity contribution in [2.75, 3.05) is 24.8 Å². The third-order valence-corrected chi connectivity index (χ3v) is 2.94. The molecule has 0 saturated carbocycles. The Morgan fingerprint density at radius 2 is 1.89 bits per heavy atom. The van der Waals surface area contributed by atoms with Crippen LogP contribution < -0.4 is 15.4 Å². The Balaban J connectivity index is 2.31. The fraction of sp³-hybridized carbons (Fsp3) is 0.133. The lowest BCUT2D eigenvalue weighted by Crippen LogP contribution is -2.26. The van der Waals surface area contributed by atoms with Gasteiger partial charge >= 0.3 is 0 Å². The summed E-state index contributed by atoms with van der Waals surface area (Å²) in [5.41, 5.74) is 7.55. The average Bonchev–Trinajstić information content (AvgIpc) is 2.46. The van der Waals surface area contributed by atoms with Crippen molar-refractivity contribution in [1.82, 2.24) is 0 Å². The number of carbonyl (C=O) groups excluding carboxylic acids is 1. The van der Waals surface area contributed by atoms with E-state index in [-0.39, 0.29) is 5.91 Å². The molecule has 0 saturated heterocycles. The topological polar surface area (TPSA) is 55.6 Å². The molecule has 0 aromatic heterocycles. The summed E-state index contributed by atoms with van der Waals surface area (Å²) in [6.07, 6.45) is 0. The van der Waals surface area contributed by atoms with Crippen molar-refractivity contribution in [3.05, 3.63) is 54.1 Å². The van der Waals surface area contributed by atoms with E-state index in [1.54, 1.807) is 49.4 Å². The number of carbonyl (C=O) groups is 1. The summed E-state index contributed by atoms with van der Waals surface area (Å²) in [7, 11) is 3.31. The van der Waals surface area contributed by atoms with Crippen LogP contribution in [0.1, 0.15) is 10.4 Å². The number of nitrogen functional groups attached to an aromatic ring is 1. The number of methoxy groups -OCH3 is 1. The first-order chi connectivity index (χ1) is 9.13. The highest BCUT2D eigenvalue weighted by Gasteiger charge is 2.15. The van der Waals surface area contributed by atoms with Crippen LogP contribution in [0.15, 0.2) is 48.5 Å². The predicted molar refractivity (Wildman–Crippen MR) is 76.6 cm³/mol. The lowest BCUT2D eigenvalue weighted by atomic mass is 10.1. The van der Waals surface area contributed by atoms with Crippen molar-refractivity contribution in [3.63, 3.8) is 0 Å². The molecule has 19 heavy (non-hydrogen) atoms. The van der Waals surface area contributed by atoms with Crippen molar-refractivity contribution < 1.29 is 9.53 Å². The van der Waals surface area contributed by atoms with Gasteiger partial charge in [0.25, 0.3) is 5.91 Å². The Labute approximate surface area is 112 Å². The van der Waals surface area contributed by atoms with Crippen LogP contribution >= 0.6 is 0 Å². The summed E-state index contributed by atoms with van der Waals surface area (Å²) in [6, 6.07) is 14.4. The number of nitrogens with zero attached hydrogens (tertiary/aromatic N) is 1. The summed E-state index contributed by atoms with van der Waals surface area (Å²) in [5.74, 6) is 0.560. The molecule has 0 aliphatic rings. The van der Waals surface area contributed by atoms with Crippen LogP contribution in [0.2, 0.25) is 0 Å². The first-order valence-electron chi connectivity index (χ1n) is 5.90. The highest BCUT2D eigenvalue weighted by Crippen LogP contribution is 2.22. The molecular formula is C15H16N2O2. The maximum atomic E-state index is 12.4. The maximum Gasteiger partial charge on any atom is 0.260 e. The number of para-hydroxylation sites is 1. The number of hydrogen-bond acceptors (Lipinski definition) is 3. The van der Waals surface area contributed by atoms with Gasteiger partial charge < -0.3 is 15.4 Å². The van der Waals surface area contributed by atoms with E-state index >= 15 is 0 Å². The number of ether oxygens (including phenoxy) is 1. The van der Waals surface area contributed by atoms with Crippen molar-refractivity contribution >= 4 is 17.3 Å². The molecule has 4 heteroatoms. The second-order valence-electron chi connectivity index (χ2n) is 4.15. The molecule has 2 aromatic rings. The van der Waals surface area contributed by atoms with Gasteiger partial charge in [0.05, 0.1) is 12.7 Å². The second kappa shape index (κ2) is 5.44. The van der Waals surface area contributed by atoms with Crippen LogP contribution in [0.25, 0.3) is 0 Å². The normalized spacial score (nSPS) is 10.0. The Kier molecular flexibility index (Phi) is 3.71. The van der Waals surface area contributed by atoms with Crippen LogP contribution in [-0.4, -0.2) is 20.1 Å². The summed E-state index contributed by atoms with van der Waals surface area (Å²) in [5, 5.41) is 0. The van der Waals surface area contributed by atoms with Crippen molar-refractivity contribution in [3.8, 4) is 5.75 Å². The molecule has 4 nitrogen and oxygen atoms in total. The number of amides is 1. The van der Waals surface area contributed by atoms with Crippen LogP contribution in [0.4, 0.5) is 11.4 Å². The van der Waals surface area contributed by atoms with Gasteiger partial charge in [0.1, 0.15) is 5.75 Å². The zero-order valence-corrected chi connectivity index (χ0v) is 11.0. The van der Waals surface area contributed by atoms with Crippen molar-refractivity contribution in [2.24, 2.45) is 0 Å². The van der Waals surface area contributed by atoms with E-state index in [9.17, 15) is 4.79 Å². The Hall–Kier alpha value is -2.49. The van der Waals surface area contributed by atoms with Crippen LogP contribution in [0.3, 0.4) is 0 Å². The molecule has 0 bridgehead atoms. The highest BCUT2D eigenvalue weighted by atomic mass is 16.5. The van der Waals surface area contributed by atoms with Crippen molar-refractivity contribution in [1.29, 1.82) is 0 Å². The van der Waals surface area contributed by atoms with E-state index in [1.165, 1.54) is 0 Å². The van der Waals surface area contributed by atoms with Gasteiger partial charge in [-0.05, 0) is 24.3 Å². The van der Waals surface area contributed by atoms with Gasteiger partial charge in [-0.2, -0.15) is 0 Å². The molecule has 0 unspecified atom stereocenters. The van der Waals surface area contributed by atoms with Gasteiger partial charge in [0, 0.05) is 24.5 Å². The first-order valence-corrected chi connectivity index (χ1v) is 5.90. The zero-order chi connectivity index (χ0) is 13.8. The SMILES string of the molecule is COc1cccc(N(C)C(=O)c2ccccc2N)c1. The predicted octanol–water partition coefficient (Wildman–Crippen LogP) is 2.55. The van der Waals surface area contributed by atoms with E-state index in [2.05, 4.69) is 0 Å². The Morgan fingerprint density at radius 3 is 2.58 bits per heavy atom. The summed E-state index contributed by atoms with van der Waals surface area (Å²) < 4.78 is 5.15. The number of nitrogens with two attached hydrogens (primary N) is 1. The van der Waals surface area contributed by atoms with Gasteiger partial charge in [0.2, 0.25) is 0 Å². The maximum absolute atomic E-state index is 12.4. The monoisotopic (exact) mass is 256 g/mol. The fourth-order valence-corrected chi connectivity index (χ4v) is 1.81. The minimum Gasteiger partial charge on any atom is -0.497 e. The van der Waals surface area contributed by atoms with Gasteiger partial charge in [-0.15, -0.1) is 0 Å². The zero-order valence-electron chi connectivity index (χ0n) is 11.0. The lowest BCUT2D eigenvalue weighted by Gasteiger charge is -2.18. The molecule has 0 aliphatic heterocycles. The molecule has 0 aliphatic carbocycles. The molecule has 2 rings (SSSR count). The minimum absolute atomic E-state index is 0.147. The number of anilines is 2. The summed E-state index contributed by atoms with van der Waals surface area (Å²) >= 11 is 0. The first kappa shape index (κ1) is 13.0. The van der Waals surface area contributed by atoms with E-state index < -0.39 is 0 Å². The molecule has 2 aromatic carbocycles. The standard InChI is InChI=1S/C15H16N2O2/c1-17(11-6-5-7-12(10-11)19-2)15(18)13-8-3-4-9-14(13)16/h3-10H,16H2,1-2H3. The van der Waals surface area contributed by atoms with E-state index in [0.29, 0.717) is 17.0 Å². The highest BCUT2D eigenvalue weighted by molar-refractivity contribution is 6.09. The van der Waals surface area contributed by atoms with Crippen molar-refractivity contribution in [2.45, 2.75) is 0 Å². The van der Waals surface area contributed by atoms with E-state index in [0.717, 1.165) is 5.69 Å². The Morgan fingerprint density at radius 1 is 1.16 bits per heavy atom. The van der Waals surface area contributed by atoms with Gasteiger partial charge in [-0.1, -0.05) is 18.2 Å². The molecular weight excluding hydrogens is 240 g/mol. The average molecular weight is 256 g/mol. The molecule has 0 fully saturated rings. The van der Waals surface area contributed by atoms with Gasteiger partial charge in [0.15, 0.2) is 0 Å².